The van der Waals surface area contributed by atoms with Gasteiger partial charge in [-0.3, -0.25) is 4.79 Å². The van der Waals surface area contributed by atoms with E-state index in [-0.39, 0.29) is 5.91 Å². The first-order chi connectivity index (χ1) is 9.76. The van der Waals surface area contributed by atoms with Gasteiger partial charge >= 0.3 is 0 Å². The van der Waals surface area contributed by atoms with Crippen molar-refractivity contribution in [3.05, 3.63) is 42.0 Å². The normalized spacial score (nSPS) is 12.8. The minimum atomic E-state index is -0.223. The summed E-state index contributed by atoms with van der Waals surface area (Å²) in [4.78, 5) is 16.2. The van der Waals surface area contributed by atoms with Crippen LogP contribution in [0.3, 0.4) is 0 Å². The lowest BCUT2D eigenvalue weighted by Crippen LogP contribution is -2.13. The average molecular weight is 272 g/mol. The lowest BCUT2D eigenvalue weighted by Gasteiger charge is -2.05. The number of nitrogens with zero attached hydrogens (tertiary/aromatic N) is 2. The SMILES string of the molecule is NCCn1cnc(C(=O)Nc2ccc3c(c2)CCO3)c1. The van der Waals surface area contributed by atoms with Crippen LogP contribution in [0.2, 0.25) is 0 Å². The quantitative estimate of drug-likeness (QED) is 0.871. The molecule has 1 aliphatic rings. The highest BCUT2D eigenvalue weighted by Crippen LogP contribution is 2.27. The maximum Gasteiger partial charge on any atom is 0.275 e. The molecule has 0 fully saturated rings. The molecule has 6 heteroatoms. The van der Waals surface area contributed by atoms with Gasteiger partial charge in [-0.2, -0.15) is 0 Å². The lowest BCUT2D eigenvalue weighted by atomic mass is 10.1. The van der Waals surface area contributed by atoms with Crippen LogP contribution in [0.5, 0.6) is 5.75 Å². The van der Waals surface area contributed by atoms with E-state index in [2.05, 4.69) is 10.3 Å². The van der Waals surface area contributed by atoms with Crippen molar-refractivity contribution in [3.8, 4) is 5.75 Å². The number of carbonyl (C=O) groups is 1. The van der Waals surface area contributed by atoms with Gasteiger partial charge in [-0.25, -0.2) is 4.98 Å². The molecule has 3 rings (SSSR count). The van der Waals surface area contributed by atoms with Crippen molar-refractivity contribution >= 4 is 11.6 Å². The third-order valence-electron chi connectivity index (χ3n) is 3.20. The smallest absolute Gasteiger partial charge is 0.275 e. The molecule has 0 aliphatic carbocycles. The van der Waals surface area contributed by atoms with Crippen LogP contribution in [0.1, 0.15) is 16.1 Å². The van der Waals surface area contributed by atoms with E-state index in [1.807, 2.05) is 18.2 Å². The van der Waals surface area contributed by atoms with Crippen molar-refractivity contribution in [1.29, 1.82) is 0 Å². The van der Waals surface area contributed by atoms with Crippen LogP contribution >= 0.6 is 0 Å². The lowest BCUT2D eigenvalue weighted by molar-refractivity contribution is 0.102. The second-order valence-corrected chi connectivity index (χ2v) is 4.66. The van der Waals surface area contributed by atoms with Gasteiger partial charge in [0.15, 0.2) is 0 Å². The van der Waals surface area contributed by atoms with E-state index in [9.17, 15) is 4.79 Å². The van der Waals surface area contributed by atoms with E-state index >= 15 is 0 Å². The van der Waals surface area contributed by atoms with Crippen LogP contribution in [0.4, 0.5) is 5.69 Å². The maximum atomic E-state index is 12.1. The van der Waals surface area contributed by atoms with Crippen LogP contribution in [0.15, 0.2) is 30.7 Å². The van der Waals surface area contributed by atoms with Crippen LogP contribution in [-0.4, -0.2) is 28.6 Å². The molecule has 1 amide bonds. The zero-order valence-corrected chi connectivity index (χ0v) is 11.0. The molecule has 6 nitrogen and oxygen atoms in total. The summed E-state index contributed by atoms with van der Waals surface area (Å²) >= 11 is 0. The minimum Gasteiger partial charge on any atom is -0.493 e. The predicted octanol–water partition coefficient (Wildman–Crippen LogP) is 1.03. The fraction of sp³-hybridized carbons (Fsp3) is 0.286. The summed E-state index contributed by atoms with van der Waals surface area (Å²) in [5, 5.41) is 2.84. The highest BCUT2D eigenvalue weighted by atomic mass is 16.5. The Bertz CT molecular complexity index is 636. The zero-order valence-electron chi connectivity index (χ0n) is 11.0. The number of carbonyl (C=O) groups excluding carboxylic acids is 1. The van der Waals surface area contributed by atoms with Crippen molar-refractivity contribution in [2.45, 2.75) is 13.0 Å². The number of amides is 1. The number of rotatable bonds is 4. The number of imidazole rings is 1. The number of aromatic nitrogens is 2. The molecule has 3 N–H and O–H groups in total. The number of anilines is 1. The van der Waals surface area contributed by atoms with Gasteiger partial charge in [0.1, 0.15) is 11.4 Å². The van der Waals surface area contributed by atoms with Crippen LogP contribution < -0.4 is 15.8 Å². The first-order valence-corrected chi connectivity index (χ1v) is 6.55. The van der Waals surface area contributed by atoms with Gasteiger partial charge in [-0.15, -0.1) is 0 Å². The Morgan fingerprint density at radius 2 is 2.40 bits per heavy atom. The number of ether oxygens (including phenoxy) is 1. The summed E-state index contributed by atoms with van der Waals surface area (Å²) in [6, 6.07) is 5.65. The molecule has 0 unspecified atom stereocenters. The van der Waals surface area contributed by atoms with E-state index < -0.39 is 0 Å². The topological polar surface area (TPSA) is 82.2 Å². The van der Waals surface area contributed by atoms with Gasteiger partial charge in [0.05, 0.1) is 12.9 Å². The third-order valence-corrected chi connectivity index (χ3v) is 3.20. The number of nitrogens with two attached hydrogens (primary N) is 1. The Morgan fingerprint density at radius 3 is 3.25 bits per heavy atom. The Hall–Kier alpha value is -2.34. The van der Waals surface area contributed by atoms with Gasteiger partial charge in [-0.05, 0) is 23.8 Å². The highest BCUT2D eigenvalue weighted by molar-refractivity contribution is 6.02. The standard InChI is InChI=1S/C14H16N4O2/c15-4-5-18-8-12(16-9-18)14(19)17-11-1-2-13-10(7-11)3-6-20-13/h1-2,7-9H,3-6,15H2,(H,17,19). The monoisotopic (exact) mass is 272 g/mol. The van der Waals surface area contributed by atoms with Gasteiger partial charge in [-0.1, -0.05) is 0 Å². The average Bonchev–Trinajstić information content (AvgIpc) is 3.07. The Morgan fingerprint density at radius 1 is 1.50 bits per heavy atom. The molecular formula is C14H16N4O2. The number of benzene rings is 1. The summed E-state index contributed by atoms with van der Waals surface area (Å²) in [7, 11) is 0. The molecule has 0 spiro atoms. The highest BCUT2D eigenvalue weighted by Gasteiger charge is 2.14. The molecule has 20 heavy (non-hydrogen) atoms. The van der Waals surface area contributed by atoms with Crippen molar-refractivity contribution in [3.63, 3.8) is 0 Å². The second-order valence-electron chi connectivity index (χ2n) is 4.66. The van der Waals surface area contributed by atoms with Gasteiger partial charge in [0, 0.05) is 31.4 Å². The summed E-state index contributed by atoms with van der Waals surface area (Å²) < 4.78 is 7.23. The van der Waals surface area contributed by atoms with Crippen molar-refractivity contribution in [1.82, 2.24) is 9.55 Å². The molecule has 0 atom stereocenters. The Kier molecular flexibility index (Phi) is 3.39. The summed E-state index contributed by atoms with van der Waals surface area (Å²) in [5.74, 6) is 0.676. The summed E-state index contributed by atoms with van der Waals surface area (Å²) in [6.45, 7) is 1.87. The number of hydrogen-bond donors (Lipinski definition) is 2. The van der Waals surface area contributed by atoms with E-state index in [1.54, 1.807) is 17.1 Å². The van der Waals surface area contributed by atoms with E-state index in [0.717, 1.165) is 23.4 Å². The molecule has 0 radical (unpaired) electrons. The Labute approximate surface area is 116 Å². The molecule has 104 valence electrons. The fourth-order valence-corrected chi connectivity index (χ4v) is 2.21. The van der Waals surface area contributed by atoms with E-state index in [4.69, 9.17) is 10.5 Å². The van der Waals surface area contributed by atoms with Gasteiger partial charge < -0.3 is 20.4 Å². The molecular weight excluding hydrogens is 256 g/mol. The molecule has 1 aliphatic heterocycles. The summed E-state index contributed by atoms with van der Waals surface area (Å²) in [5.41, 5.74) is 7.72. The first-order valence-electron chi connectivity index (χ1n) is 6.55. The van der Waals surface area contributed by atoms with Crippen molar-refractivity contribution in [2.24, 2.45) is 5.73 Å². The molecule has 0 bridgehead atoms. The fourth-order valence-electron chi connectivity index (χ4n) is 2.21. The molecule has 2 heterocycles. The maximum absolute atomic E-state index is 12.1. The van der Waals surface area contributed by atoms with Gasteiger partial charge in [0.2, 0.25) is 0 Å². The van der Waals surface area contributed by atoms with Crippen LogP contribution in [0, 0.1) is 0 Å². The number of nitrogens with one attached hydrogen (secondary N) is 1. The van der Waals surface area contributed by atoms with Crippen molar-refractivity contribution in [2.75, 3.05) is 18.5 Å². The molecule has 1 aromatic carbocycles. The molecule has 0 saturated heterocycles. The first kappa shape index (κ1) is 12.7. The van der Waals surface area contributed by atoms with Crippen LogP contribution in [0.25, 0.3) is 0 Å². The van der Waals surface area contributed by atoms with Gasteiger partial charge in [0.25, 0.3) is 5.91 Å². The van der Waals surface area contributed by atoms with E-state index in [1.165, 1.54) is 0 Å². The number of fused-ring (bicyclic) bond motifs is 1. The summed E-state index contributed by atoms with van der Waals surface area (Å²) in [6.07, 6.45) is 4.18. The Balaban J connectivity index is 1.71. The van der Waals surface area contributed by atoms with Crippen LogP contribution in [-0.2, 0) is 13.0 Å². The van der Waals surface area contributed by atoms with E-state index in [0.29, 0.717) is 25.4 Å². The molecule has 2 aromatic rings. The zero-order chi connectivity index (χ0) is 13.9. The third kappa shape index (κ3) is 2.50. The van der Waals surface area contributed by atoms with Crippen molar-refractivity contribution < 1.29 is 9.53 Å². The molecule has 1 aromatic heterocycles. The largest absolute Gasteiger partial charge is 0.493 e. The minimum absolute atomic E-state index is 0.223. The second kappa shape index (κ2) is 5.34. The predicted molar refractivity (Wildman–Crippen MR) is 74.9 cm³/mol. The molecule has 0 saturated carbocycles. The number of hydrogen-bond acceptors (Lipinski definition) is 4.